The highest BCUT2D eigenvalue weighted by Crippen LogP contribution is 2.32. The second-order valence-electron chi connectivity index (χ2n) is 4.72. The van der Waals surface area contributed by atoms with E-state index in [1.54, 1.807) is 0 Å². The lowest BCUT2D eigenvalue weighted by atomic mass is 10.1. The first-order valence-corrected chi connectivity index (χ1v) is 6.16. The predicted octanol–water partition coefficient (Wildman–Crippen LogP) is -1.50. The molecule has 0 saturated carbocycles. The molecule has 0 aliphatic carbocycles. The number of hydrogen-bond acceptors (Lipinski definition) is 8. The Kier molecular flexibility index (Phi) is 3.20. The van der Waals surface area contributed by atoms with Crippen LogP contribution < -0.4 is 5.73 Å². The van der Waals surface area contributed by atoms with Crippen molar-refractivity contribution < 1.29 is 24.9 Å². The molecule has 5 N–H and O–H groups in total. The molecule has 3 heterocycles. The molecule has 112 valence electrons. The van der Waals surface area contributed by atoms with Crippen molar-refractivity contribution in [2.45, 2.75) is 31.0 Å². The summed E-state index contributed by atoms with van der Waals surface area (Å²) in [6.07, 6.45) is -2.04. The van der Waals surface area contributed by atoms with Crippen LogP contribution in [0.2, 0.25) is 0 Å². The Labute approximate surface area is 117 Å². The third-order valence-corrected chi connectivity index (χ3v) is 3.40. The quantitative estimate of drug-likeness (QED) is 0.529. The lowest BCUT2D eigenvalue weighted by Crippen LogP contribution is -2.40. The molecule has 10 nitrogen and oxygen atoms in total. The van der Waals surface area contributed by atoms with Crippen LogP contribution in [-0.4, -0.2) is 59.1 Å². The van der Waals surface area contributed by atoms with Crippen molar-refractivity contribution in [2.75, 3.05) is 5.73 Å². The summed E-state index contributed by atoms with van der Waals surface area (Å²) in [5, 5.41) is 28.2. The number of carboxylic acid groups (broad SMARTS) is 1. The Morgan fingerprint density at radius 2 is 2.24 bits per heavy atom. The van der Waals surface area contributed by atoms with Crippen molar-refractivity contribution in [3.8, 4) is 0 Å². The van der Waals surface area contributed by atoms with Crippen LogP contribution in [0.5, 0.6) is 0 Å². The molecule has 21 heavy (non-hydrogen) atoms. The van der Waals surface area contributed by atoms with Crippen molar-refractivity contribution in [2.24, 2.45) is 0 Å². The van der Waals surface area contributed by atoms with Gasteiger partial charge in [0.15, 0.2) is 17.6 Å². The van der Waals surface area contributed by atoms with Crippen LogP contribution in [0.25, 0.3) is 11.2 Å². The maximum atomic E-state index is 10.8. The molecule has 0 radical (unpaired) electrons. The minimum Gasteiger partial charge on any atom is -0.479 e. The van der Waals surface area contributed by atoms with E-state index in [4.69, 9.17) is 15.6 Å². The molecule has 0 spiro atoms. The molecule has 0 aromatic carbocycles. The number of fused-ring (bicyclic) bond motifs is 1. The van der Waals surface area contributed by atoms with Crippen molar-refractivity contribution in [1.82, 2.24) is 19.5 Å². The molecule has 2 aromatic heterocycles. The minimum absolute atomic E-state index is 0.102. The molecular weight excluding hydrogens is 282 g/mol. The molecule has 0 bridgehead atoms. The van der Waals surface area contributed by atoms with Crippen LogP contribution in [0.4, 0.5) is 5.82 Å². The van der Waals surface area contributed by atoms with Gasteiger partial charge in [0.05, 0.1) is 12.4 Å². The molecule has 1 aliphatic rings. The maximum absolute atomic E-state index is 10.8. The van der Waals surface area contributed by atoms with Gasteiger partial charge in [-0.15, -0.1) is 0 Å². The number of aliphatic carboxylic acids is 1. The fourth-order valence-corrected chi connectivity index (χ4v) is 2.35. The molecule has 4 unspecified atom stereocenters. The topological polar surface area (TPSA) is 157 Å². The number of carbonyl (C=O) groups is 1. The lowest BCUT2D eigenvalue weighted by molar-refractivity contribution is -0.160. The van der Waals surface area contributed by atoms with Crippen LogP contribution >= 0.6 is 0 Å². The van der Waals surface area contributed by atoms with Gasteiger partial charge in [0, 0.05) is 6.42 Å². The van der Waals surface area contributed by atoms with E-state index < -0.39 is 30.5 Å². The molecule has 1 fully saturated rings. The average Bonchev–Trinajstić information content (AvgIpc) is 3.02. The van der Waals surface area contributed by atoms with E-state index in [0.29, 0.717) is 11.2 Å². The van der Waals surface area contributed by atoms with Gasteiger partial charge in [0.25, 0.3) is 0 Å². The van der Waals surface area contributed by atoms with Crippen LogP contribution in [0, 0.1) is 0 Å². The largest absolute Gasteiger partial charge is 0.479 e. The summed E-state index contributed by atoms with van der Waals surface area (Å²) in [5.74, 6) is -1.25. The van der Waals surface area contributed by atoms with E-state index in [1.165, 1.54) is 17.2 Å². The summed E-state index contributed by atoms with van der Waals surface area (Å²) in [6.45, 7) is 0. The Bertz CT molecular complexity index is 689. The summed E-state index contributed by atoms with van der Waals surface area (Å²) in [4.78, 5) is 22.7. The number of hydrogen-bond donors (Lipinski definition) is 4. The fraction of sp³-hybridized carbons (Fsp3) is 0.455. The van der Waals surface area contributed by atoms with Crippen molar-refractivity contribution in [3.63, 3.8) is 0 Å². The third kappa shape index (κ3) is 2.18. The normalized spacial score (nSPS) is 27.0. The average molecular weight is 295 g/mol. The van der Waals surface area contributed by atoms with E-state index in [9.17, 15) is 15.0 Å². The zero-order valence-corrected chi connectivity index (χ0v) is 10.7. The van der Waals surface area contributed by atoms with Crippen LogP contribution in [0.15, 0.2) is 12.7 Å². The second-order valence-corrected chi connectivity index (χ2v) is 4.72. The first kappa shape index (κ1) is 13.7. The minimum atomic E-state index is -1.81. The number of nitrogen functional groups attached to an aromatic ring is 1. The van der Waals surface area contributed by atoms with Crippen molar-refractivity contribution >= 4 is 23.0 Å². The summed E-state index contributed by atoms with van der Waals surface area (Å²) in [6, 6.07) is 0. The Hall–Kier alpha value is -2.30. The number of aromatic nitrogens is 4. The van der Waals surface area contributed by atoms with Gasteiger partial charge < -0.3 is 25.8 Å². The zero-order chi connectivity index (χ0) is 15.1. The van der Waals surface area contributed by atoms with Crippen molar-refractivity contribution in [3.05, 3.63) is 12.7 Å². The summed E-state index contributed by atoms with van der Waals surface area (Å²) in [5.41, 5.74) is 6.47. The SMILES string of the molecule is Nc1ncnc2c1ncn2C1CC(O)C(C(O)C(=O)O)O1. The van der Waals surface area contributed by atoms with Gasteiger partial charge in [-0.05, 0) is 0 Å². The maximum Gasteiger partial charge on any atom is 0.335 e. The van der Waals surface area contributed by atoms with Crippen LogP contribution in [0.3, 0.4) is 0 Å². The van der Waals surface area contributed by atoms with Crippen LogP contribution in [-0.2, 0) is 9.53 Å². The highest BCUT2D eigenvalue weighted by Gasteiger charge is 2.42. The number of rotatable bonds is 3. The van der Waals surface area contributed by atoms with Gasteiger partial charge in [-0.2, -0.15) is 0 Å². The smallest absolute Gasteiger partial charge is 0.335 e. The Morgan fingerprint density at radius 3 is 2.95 bits per heavy atom. The standard InChI is InChI=1S/C11H13N5O5/c12-9-6-10(14-2-13-9)16(3-15-6)5-1-4(17)8(21-5)7(18)11(19)20/h2-5,7-8,17-18H,1H2,(H,19,20)(H2,12,13,14). The number of anilines is 1. The van der Waals surface area contributed by atoms with E-state index in [0.717, 1.165) is 0 Å². The number of ether oxygens (including phenoxy) is 1. The summed E-state index contributed by atoms with van der Waals surface area (Å²) < 4.78 is 6.95. The van der Waals surface area contributed by atoms with Gasteiger partial charge in [-0.25, -0.2) is 19.7 Å². The first-order valence-electron chi connectivity index (χ1n) is 6.16. The number of aliphatic hydroxyl groups is 2. The second kappa shape index (κ2) is 4.91. The van der Waals surface area contributed by atoms with Gasteiger partial charge in [0.2, 0.25) is 0 Å². The zero-order valence-electron chi connectivity index (χ0n) is 10.7. The fourth-order valence-electron chi connectivity index (χ4n) is 2.35. The molecule has 1 saturated heterocycles. The van der Waals surface area contributed by atoms with Crippen molar-refractivity contribution in [1.29, 1.82) is 0 Å². The third-order valence-electron chi connectivity index (χ3n) is 3.40. The number of imidazole rings is 1. The highest BCUT2D eigenvalue weighted by molar-refractivity contribution is 5.81. The molecule has 10 heteroatoms. The molecule has 0 amide bonds. The summed E-state index contributed by atoms with van der Waals surface area (Å²) in [7, 11) is 0. The predicted molar refractivity (Wildman–Crippen MR) is 67.9 cm³/mol. The molecule has 4 atom stereocenters. The van der Waals surface area contributed by atoms with Gasteiger partial charge >= 0.3 is 5.97 Å². The molecular formula is C11H13N5O5. The number of nitrogens with zero attached hydrogens (tertiary/aromatic N) is 4. The number of nitrogens with two attached hydrogens (primary N) is 1. The van der Waals surface area contributed by atoms with E-state index in [-0.39, 0.29) is 12.2 Å². The lowest BCUT2D eigenvalue weighted by Gasteiger charge is -2.18. The van der Waals surface area contributed by atoms with E-state index in [2.05, 4.69) is 15.0 Å². The molecule has 1 aliphatic heterocycles. The first-order chi connectivity index (χ1) is 9.99. The van der Waals surface area contributed by atoms with Crippen LogP contribution in [0.1, 0.15) is 12.6 Å². The number of carboxylic acids is 1. The Morgan fingerprint density at radius 1 is 1.48 bits per heavy atom. The number of aliphatic hydroxyl groups excluding tert-OH is 2. The van der Waals surface area contributed by atoms with E-state index >= 15 is 0 Å². The monoisotopic (exact) mass is 295 g/mol. The van der Waals surface area contributed by atoms with Gasteiger partial charge in [0.1, 0.15) is 24.2 Å². The summed E-state index contributed by atoms with van der Waals surface area (Å²) >= 11 is 0. The van der Waals surface area contributed by atoms with Gasteiger partial charge in [-0.1, -0.05) is 0 Å². The molecule has 3 rings (SSSR count). The van der Waals surface area contributed by atoms with Gasteiger partial charge in [-0.3, -0.25) is 4.57 Å². The molecule has 2 aromatic rings. The van der Waals surface area contributed by atoms with E-state index in [1.807, 2.05) is 0 Å². The Balaban J connectivity index is 1.91. The highest BCUT2D eigenvalue weighted by atomic mass is 16.5.